The summed E-state index contributed by atoms with van der Waals surface area (Å²) < 4.78 is 1.45. The Balaban J connectivity index is 1.52. The van der Waals surface area contributed by atoms with Gasteiger partial charge in [0.1, 0.15) is 0 Å². The number of hydrogen-bond acceptors (Lipinski definition) is 4. The maximum Gasteiger partial charge on any atom is 0.272 e. The van der Waals surface area contributed by atoms with Crippen LogP contribution in [0.1, 0.15) is 35.8 Å². The Bertz CT molecular complexity index is 876. The summed E-state index contributed by atoms with van der Waals surface area (Å²) in [5, 5.41) is 10.3. The first-order valence-electron chi connectivity index (χ1n) is 7.99. The van der Waals surface area contributed by atoms with Gasteiger partial charge in [-0.1, -0.05) is 0 Å². The van der Waals surface area contributed by atoms with Gasteiger partial charge in [0, 0.05) is 43.0 Å². The summed E-state index contributed by atoms with van der Waals surface area (Å²) in [5.74, 6) is 0.450. The number of aromatic amines is 2. The van der Waals surface area contributed by atoms with Gasteiger partial charge in [-0.2, -0.15) is 5.10 Å². The van der Waals surface area contributed by atoms with Gasteiger partial charge in [0.25, 0.3) is 5.56 Å². The smallest absolute Gasteiger partial charge is 0.272 e. The second-order valence-electron chi connectivity index (χ2n) is 6.29. The van der Waals surface area contributed by atoms with E-state index in [2.05, 4.69) is 31.2 Å². The molecule has 1 saturated heterocycles. The second-order valence-corrected chi connectivity index (χ2v) is 6.29. The summed E-state index contributed by atoms with van der Waals surface area (Å²) in [5.41, 5.74) is 3.68. The van der Waals surface area contributed by atoms with Gasteiger partial charge in [-0.05, 0) is 32.4 Å². The molecule has 0 bridgehead atoms. The molecule has 0 amide bonds. The van der Waals surface area contributed by atoms with Gasteiger partial charge in [0.2, 0.25) is 0 Å². The average molecular weight is 312 g/mol. The molecule has 0 aliphatic carbocycles. The minimum absolute atomic E-state index is 0.0634. The first-order chi connectivity index (χ1) is 11.2. The van der Waals surface area contributed by atoms with Crippen molar-refractivity contribution in [2.45, 2.75) is 32.2 Å². The van der Waals surface area contributed by atoms with Crippen LogP contribution in [0.2, 0.25) is 0 Å². The van der Waals surface area contributed by atoms with Crippen LogP contribution < -0.4 is 5.56 Å². The maximum atomic E-state index is 12.0. The third kappa shape index (κ3) is 2.79. The molecular formula is C16H20N6O. The fourth-order valence-corrected chi connectivity index (χ4v) is 3.38. The summed E-state index contributed by atoms with van der Waals surface area (Å²) in [6.07, 6.45) is 4.03. The Kier molecular flexibility index (Phi) is 3.49. The van der Waals surface area contributed by atoms with E-state index < -0.39 is 0 Å². The average Bonchev–Trinajstić information content (AvgIpc) is 3.16. The summed E-state index contributed by atoms with van der Waals surface area (Å²) in [6.45, 7) is 4.73. The van der Waals surface area contributed by atoms with Crippen LogP contribution in [0.4, 0.5) is 0 Å². The standard InChI is InChI=1S/C16H20N6O/c1-11-7-14(20-19-11)12-3-2-6-21(9-12)10-13-8-16(23)22-15(18-13)4-5-17-22/h4-5,7-8,12,17H,2-3,6,9-10H2,1H3,(H,19,20). The fraction of sp³-hybridized carbons (Fsp3) is 0.438. The molecule has 23 heavy (non-hydrogen) atoms. The zero-order valence-electron chi connectivity index (χ0n) is 13.1. The number of fused-ring (bicyclic) bond motifs is 1. The van der Waals surface area contributed by atoms with Crippen LogP contribution in [0.15, 0.2) is 29.2 Å². The van der Waals surface area contributed by atoms with E-state index in [9.17, 15) is 4.79 Å². The molecule has 120 valence electrons. The van der Waals surface area contributed by atoms with Crippen LogP contribution in [0.25, 0.3) is 5.65 Å². The van der Waals surface area contributed by atoms with E-state index in [-0.39, 0.29) is 5.56 Å². The molecule has 1 aliphatic heterocycles. The molecule has 3 aromatic heterocycles. The SMILES string of the molecule is Cc1cc(C2CCCN(Cc3cc(=O)n4[nH]ccc4n3)C2)n[nH]1. The molecule has 3 aromatic rings. The van der Waals surface area contributed by atoms with Crippen molar-refractivity contribution < 1.29 is 0 Å². The van der Waals surface area contributed by atoms with Gasteiger partial charge in [-0.15, -0.1) is 0 Å². The topological polar surface area (TPSA) is 82.1 Å². The zero-order valence-corrected chi connectivity index (χ0v) is 13.1. The van der Waals surface area contributed by atoms with Gasteiger partial charge in [-0.25, -0.2) is 9.50 Å². The number of aromatic nitrogens is 5. The lowest BCUT2D eigenvalue weighted by Gasteiger charge is -2.31. The monoisotopic (exact) mass is 312 g/mol. The minimum Gasteiger partial charge on any atom is -0.297 e. The third-order valence-electron chi connectivity index (χ3n) is 4.47. The normalized spacial score (nSPS) is 19.4. The van der Waals surface area contributed by atoms with Crippen LogP contribution >= 0.6 is 0 Å². The van der Waals surface area contributed by atoms with Gasteiger partial charge in [0.05, 0.1) is 11.4 Å². The summed E-state index contributed by atoms with van der Waals surface area (Å²) >= 11 is 0. The molecule has 0 aromatic carbocycles. The number of likely N-dealkylation sites (tertiary alicyclic amines) is 1. The van der Waals surface area contributed by atoms with Crippen LogP contribution in [-0.4, -0.2) is 42.8 Å². The van der Waals surface area contributed by atoms with Crippen LogP contribution in [-0.2, 0) is 6.54 Å². The molecule has 7 nitrogen and oxygen atoms in total. The number of H-pyrrole nitrogens is 2. The fourth-order valence-electron chi connectivity index (χ4n) is 3.38. The molecular weight excluding hydrogens is 292 g/mol. The van der Waals surface area contributed by atoms with E-state index in [0.29, 0.717) is 18.1 Å². The molecule has 0 saturated carbocycles. The molecule has 0 spiro atoms. The molecule has 2 N–H and O–H groups in total. The van der Waals surface area contributed by atoms with Crippen molar-refractivity contribution in [1.82, 2.24) is 29.7 Å². The number of piperidine rings is 1. The first-order valence-corrected chi connectivity index (χ1v) is 7.99. The minimum atomic E-state index is -0.0634. The van der Waals surface area contributed by atoms with E-state index in [1.54, 1.807) is 12.3 Å². The third-order valence-corrected chi connectivity index (χ3v) is 4.47. The highest BCUT2D eigenvalue weighted by atomic mass is 16.1. The van der Waals surface area contributed by atoms with Crippen molar-refractivity contribution in [1.29, 1.82) is 0 Å². The number of hydrogen-bond donors (Lipinski definition) is 2. The number of rotatable bonds is 3. The van der Waals surface area contributed by atoms with Crippen LogP contribution in [0.3, 0.4) is 0 Å². The summed E-state index contributed by atoms with van der Waals surface area (Å²) in [6, 6.07) is 5.56. The Morgan fingerprint density at radius 3 is 3.13 bits per heavy atom. The van der Waals surface area contributed by atoms with Gasteiger partial charge >= 0.3 is 0 Å². The molecule has 1 unspecified atom stereocenters. The Morgan fingerprint density at radius 2 is 2.30 bits per heavy atom. The number of nitrogens with zero attached hydrogens (tertiary/aromatic N) is 4. The van der Waals surface area contributed by atoms with Crippen molar-refractivity contribution in [3.63, 3.8) is 0 Å². The van der Waals surface area contributed by atoms with Crippen LogP contribution in [0.5, 0.6) is 0 Å². The van der Waals surface area contributed by atoms with Crippen molar-refractivity contribution in [2.24, 2.45) is 0 Å². The predicted molar refractivity (Wildman–Crippen MR) is 86.4 cm³/mol. The Hall–Kier alpha value is -2.41. The molecule has 1 aliphatic rings. The van der Waals surface area contributed by atoms with Crippen molar-refractivity contribution in [2.75, 3.05) is 13.1 Å². The van der Waals surface area contributed by atoms with Crippen molar-refractivity contribution >= 4 is 5.65 Å². The first kappa shape index (κ1) is 14.2. The lowest BCUT2D eigenvalue weighted by molar-refractivity contribution is 0.196. The molecule has 0 radical (unpaired) electrons. The molecule has 4 rings (SSSR count). The highest BCUT2D eigenvalue weighted by Gasteiger charge is 2.23. The quantitative estimate of drug-likeness (QED) is 0.766. The van der Waals surface area contributed by atoms with Gasteiger partial charge in [-0.3, -0.25) is 19.9 Å². The number of nitrogens with one attached hydrogen (secondary N) is 2. The summed E-state index contributed by atoms with van der Waals surface area (Å²) in [4.78, 5) is 19.0. The lowest BCUT2D eigenvalue weighted by atomic mass is 9.94. The van der Waals surface area contributed by atoms with E-state index in [1.807, 2.05) is 13.0 Å². The predicted octanol–water partition coefficient (Wildman–Crippen LogP) is 1.43. The van der Waals surface area contributed by atoms with Gasteiger partial charge < -0.3 is 0 Å². The molecule has 4 heterocycles. The van der Waals surface area contributed by atoms with Crippen molar-refractivity contribution in [3.8, 4) is 0 Å². The highest BCUT2D eigenvalue weighted by Crippen LogP contribution is 2.26. The van der Waals surface area contributed by atoms with Gasteiger partial charge in [0.15, 0.2) is 5.65 Å². The van der Waals surface area contributed by atoms with Crippen molar-refractivity contribution in [3.05, 3.63) is 51.8 Å². The summed E-state index contributed by atoms with van der Waals surface area (Å²) in [7, 11) is 0. The zero-order chi connectivity index (χ0) is 15.8. The van der Waals surface area contributed by atoms with E-state index in [0.717, 1.165) is 43.0 Å². The number of aryl methyl sites for hydroxylation is 1. The highest BCUT2D eigenvalue weighted by molar-refractivity contribution is 5.36. The second kappa shape index (κ2) is 5.66. The maximum absolute atomic E-state index is 12.0. The van der Waals surface area contributed by atoms with E-state index >= 15 is 0 Å². The Labute approximate surface area is 133 Å². The van der Waals surface area contributed by atoms with E-state index in [4.69, 9.17) is 0 Å². The van der Waals surface area contributed by atoms with E-state index in [1.165, 1.54) is 4.52 Å². The Morgan fingerprint density at radius 1 is 1.39 bits per heavy atom. The molecule has 7 heteroatoms. The van der Waals surface area contributed by atoms with Crippen LogP contribution in [0, 0.1) is 6.92 Å². The lowest BCUT2D eigenvalue weighted by Crippen LogP contribution is -2.34. The largest absolute Gasteiger partial charge is 0.297 e. The molecule has 1 fully saturated rings. The molecule has 1 atom stereocenters.